The number of aryl methyl sites for hydroxylation is 1. The zero-order valence-electron chi connectivity index (χ0n) is 7.96. The number of rotatable bonds is 1. The monoisotopic (exact) mass is 242 g/mol. The number of hydrogen-bond donors (Lipinski definition) is 0. The Labute approximate surface area is 87.5 Å². The molecule has 1 saturated carbocycles. The quantitative estimate of drug-likeness (QED) is 0.738. The van der Waals surface area contributed by atoms with E-state index in [4.69, 9.17) is 0 Å². The Morgan fingerprint density at radius 2 is 2.08 bits per heavy atom. The molecule has 1 aliphatic carbocycles. The van der Waals surface area contributed by atoms with Crippen molar-refractivity contribution in [3.8, 4) is 0 Å². The second-order valence-electron chi connectivity index (χ2n) is 3.84. The number of aromatic nitrogens is 2. The molecule has 0 aliphatic heterocycles. The van der Waals surface area contributed by atoms with Crippen LogP contribution in [-0.4, -0.2) is 9.78 Å². The normalized spacial score (nSPS) is 19.2. The van der Waals surface area contributed by atoms with Gasteiger partial charge in [-0.15, -0.1) is 0 Å². The van der Waals surface area contributed by atoms with Gasteiger partial charge in [-0.05, 0) is 41.8 Å². The summed E-state index contributed by atoms with van der Waals surface area (Å²) in [5.74, 6) is 0. The first-order valence-corrected chi connectivity index (χ1v) is 5.78. The second-order valence-corrected chi connectivity index (χ2v) is 4.66. The van der Waals surface area contributed by atoms with Crippen LogP contribution in [-0.2, 0) is 0 Å². The van der Waals surface area contributed by atoms with E-state index < -0.39 is 0 Å². The zero-order valence-corrected chi connectivity index (χ0v) is 9.55. The van der Waals surface area contributed by atoms with Crippen LogP contribution >= 0.6 is 15.9 Å². The Hall–Kier alpha value is -0.310. The van der Waals surface area contributed by atoms with Crippen LogP contribution in [0.5, 0.6) is 0 Å². The Kier molecular flexibility index (Phi) is 2.72. The summed E-state index contributed by atoms with van der Waals surface area (Å²) in [6.07, 6.45) is 6.73. The van der Waals surface area contributed by atoms with Gasteiger partial charge in [0.2, 0.25) is 0 Å². The maximum atomic E-state index is 4.47. The third kappa shape index (κ3) is 1.96. The Bertz CT molecular complexity index is 287. The van der Waals surface area contributed by atoms with E-state index in [1.165, 1.54) is 37.8 Å². The van der Waals surface area contributed by atoms with E-state index in [1.54, 1.807) is 0 Å². The zero-order chi connectivity index (χ0) is 9.26. The predicted molar refractivity (Wildman–Crippen MR) is 56.8 cm³/mol. The molecule has 0 radical (unpaired) electrons. The molecule has 1 aliphatic rings. The summed E-state index contributed by atoms with van der Waals surface area (Å²) < 4.78 is 3.15. The fourth-order valence-electron chi connectivity index (χ4n) is 2.14. The minimum atomic E-state index is 0.653. The van der Waals surface area contributed by atoms with Crippen LogP contribution < -0.4 is 0 Å². The van der Waals surface area contributed by atoms with Gasteiger partial charge in [0.25, 0.3) is 0 Å². The van der Waals surface area contributed by atoms with Crippen LogP contribution in [0.15, 0.2) is 10.7 Å². The van der Waals surface area contributed by atoms with Gasteiger partial charge in [0, 0.05) is 5.69 Å². The van der Waals surface area contributed by atoms with E-state index in [0.717, 1.165) is 4.60 Å². The van der Waals surface area contributed by atoms with Crippen LogP contribution in [0.4, 0.5) is 0 Å². The van der Waals surface area contributed by atoms with Crippen molar-refractivity contribution in [3.63, 3.8) is 0 Å². The van der Waals surface area contributed by atoms with Crippen LogP contribution in [0.2, 0.25) is 0 Å². The van der Waals surface area contributed by atoms with Crippen molar-refractivity contribution in [2.75, 3.05) is 0 Å². The maximum Gasteiger partial charge on any atom is 0.128 e. The largest absolute Gasteiger partial charge is 0.266 e. The molecule has 72 valence electrons. The lowest BCUT2D eigenvalue weighted by Crippen LogP contribution is -2.15. The van der Waals surface area contributed by atoms with E-state index in [1.807, 2.05) is 0 Å². The summed E-state index contributed by atoms with van der Waals surface area (Å²) in [5, 5.41) is 4.47. The van der Waals surface area contributed by atoms with Crippen molar-refractivity contribution in [1.29, 1.82) is 0 Å². The Morgan fingerprint density at radius 1 is 1.38 bits per heavy atom. The Morgan fingerprint density at radius 3 is 2.62 bits per heavy atom. The second kappa shape index (κ2) is 3.82. The molecule has 0 atom stereocenters. The van der Waals surface area contributed by atoms with Crippen LogP contribution in [0, 0.1) is 6.92 Å². The SMILES string of the molecule is Cc1cc(Br)nn1C1CCCCC1. The molecule has 2 rings (SSSR count). The first-order chi connectivity index (χ1) is 6.27. The van der Waals surface area contributed by atoms with Gasteiger partial charge in [0.1, 0.15) is 4.60 Å². The first kappa shape index (κ1) is 9.25. The minimum Gasteiger partial charge on any atom is -0.266 e. The topological polar surface area (TPSA) is 17.8 Å². The summed E-state index contributed by atoms with van der Waals surface area (Å²) in [6, 6.07) is 2.74. The van der Waals surface area contributed by atoms with Gasteiger partial charge in [-0.2, -0.15) is 5.10 Å². The molecule has 0 aromatic carbocycles. The molecule has 1 aromatic rings. The molecule has 0 amide bonds. The van der Waals surface area contributed by atoms with Crippen molar-refractivity contribution in [3.05, 3.63) is 16.4 Å². The summed E-state index contributed by atoms with van der Waals surface area (Å²) in [7, 11) is 0. The first-order valence-electron chi connectivity index (χ1n) is 4.99. The summed E-state index contributed by atoms with van der Waals surface area (Å²) in [6.45, 7) is 2.13. The predicted octanol–water partition coefficient (Wildman–Crippen LogP) is 3.46. The highest BCUT2D eigenvalue weighted by Crippen LogP contribution is 2.29. The Balaban J connectivity index is 2.18. The van der Waals surface area contributed by atoms with Gasteiger partial charge in [-0.1, -0.05) is 19.3 Å². The van der Waals surface area contributed by atoms with Crippen LogP contribution in [0.3, 0.4) is 0 Å². The van der Waals surface area contributed by atoms with Crippen molar-refractivity contribution in [1.82, 2.24) is 9.78 Å². The highest BCUT2D eigenvalue weighted by atomic mass is 79.9. The van der Waals surface area contributed by atoms with Gasteiger partial charge in [-0.25, -0.2) is 0 Å². The average Bonchev–Trinajstić information content (AvgIpc) is 2.47. The van der Waals surface area contributed by atoms with E-state index >= 15 is 0 Å². The molecule has 0 spiro atoms. The third-order valence-electron chi connectivity index (χ3n) is 2.81. The molecule has 0 unspecified atom stereocenters. The summed E-state index contributed by atoms with van der Waals surface area (Å²) >= 11 is 3.42. The van der Waals surface area contributed by atoms with Gasteiger partial charge < -0.3 is 0 Å². The maximum absolute atomic E-state index is 4.47. The van der Waals surface area contributed by atoms with Crippen molar-refractivity contribution in [2.24, 2.45) is 0 Å². The smallest absolute Gasteiger partial charge is 0.128 e. The van der Waals surface area contributed by atoms with E-state index in [9.17, 15) is 0 Å². The van der Waals surface area contributed by atoms with Crippen LogP contribution in [0.1, 0.15) is 43.8 Å². The average molecular weight is 243 g/mol. The summed E-state index contributed by atoms with van der Waals surface area (Å²) in [5.41, 5.74) is 1.28. The molecule has 0 saturated heterocycles. The van der Waals surface area contributed by atoms with Crippen molar-refractivity contribution < 1.29 is 0 Å². The fourth-order valence-corrected chi connectivity index (χ4v) is 2.65. The van der Waals surface area contributed by atoms with E-state index in [0.29, 0.717) is 6.04 Å². The molecule has 2 nitrogen and oxygen atoms in total. The van der Waals surface area contributed by atoms with Crippen LogP contribution in [0.25, 0.3) is 0 Å². The van der Waals surface area contributed by atoms with Gasteiger partial charge in [0.05, 0.1) is 6.04 Å². The van der Waals surface area contributed by atoms with Crippen molar-refractivity contribution >= 4 is 15.9 Å². The van der Waals surface area contributed by atoms with Gasteiger partial charge in [-0.3, -0.25) is 4.68 Å². The molecule has 1 fully saturated rings. The molecule has 1 aromatic heterocycles. The number of hydrogen-bond acceptors (Lipinski definition) is 1. The lowest BCUT2D eigenvalue weighted by atomic mass is 9.95. The van der Waals surface area contributed by atoms with E-state index in [2.05, 4.69) is 38.7 Å². The van der Waals surface area contributed by atoms with E-state index in [-0.39, 0.29) is 0 Å². The molecule has 0 bridgehead atoms. The standard InChI is InChI=1S/C10H15BrN2/c1-8-7-10(11)12-13(8)9-5-3-2-4-6-9/h7,9H,2-6H2,1H3. The molecule has 1 heterocycles. The highest BCUT2D eigenvalue weighted by molar-refractivity contribution is 9.10. The highest BCUT2D eigenvalue weighted by Gasteiger charge is 2.17. The number of halogens is 1. The molecular formula is C10H15BrN2. The lowest BCUT2D eigenvalue weighted by Gasteiger charge is -2.23. The molecule has 0 N–H and O–H groups in total. The lowest BCUT2D eigenvalue weighted by molar-refractivity contribution is 0.324. The summed E-state index contributed by atoms with van der Waals surface area (Å²) in [4.78, 5) is 0. The molecular weight excluding hydrogens is 228 g/mol. The third-order valence-corrected chi connectivity index (χ3v) is 3.20. The fraction of sp³-hybridized carbons (Fsp3) is 0.700. The number of nitrogens with zero attached hydrogens (tertiary/aromatic N) is 2. The van der Waals surface area contributed by atoms with Gasteiger partial charge in [0.15, 0.2) is 0 Å². The molecule has 3 heteroatoms. The van der Waals surface area contributed by atoms with Crippen molar-refractivity contribution in [2.45, 2.75) is 45.1 Å². The molecule has 13 heavy (non-hydrogen) atoms. The minimum absolute atomic E-state index is 0.653. The van der Waals surface area contributed by atoms with Gasteiger partial charge >= 0.3 is 0 Å².